The van der Waals surface area contributed by atoms with Gasteiger partial charge in [0.2, 0.25) is 0 Å². The summed E-state index contributed by atoms with van der Waals surface area (Å²) >= 11 is 0. The van der Waals surface area contributed by atoms with E-state index in [0.29, 0.717) is 0 Å². The Kier molecular flexibility index (Phi) is 3.69. The molecule has 0 radical (unpaired) electrons. The number of hydrogen-bond donors (Lipinski definition) is 0. The molecule has 0 saturated carbocycles. The molecule has 0 unspecified atom stereocenters. The van der Waals surface area contributed by atoms with Gasteiger partial charge in [-0.1, -0.05) is 25.5 Å². The molecule has 0 spiro atoms. The second kappa shape index (κ2) is 4.80. The van der Waals surface area contributed by atoms with Gasteiger partial charge in [0.25, 0.3) is 0 Å². The van der Waals surface area contributed by atoms with Crippen molar-refractivity contribution in [3.63, 3.8) is 0 Å². The first-order valence-corrected chi connectivity index (χ1v) is 4.79. The first-order chi connectivity index (χ1) is 6.27. The van der Waals surface area contributed by atoms with Crippen LogP contribution >= 0.6 is 0 Å². The molecule has 1 aromatic rings. The van der Waals surface area contributed by atoms with Crippen molar-refractivity contribution >= 4 is 6.21 Å². The zero-order valence-corrected chi connectivity index (χ0v) is 8.67. The molecule has 0 aliphatic rings. The number of benzene rings is 1. The maximum Gasteiger partial charge on any atom is 0.0284 e. The minimum absolute atomic E-state index is 1.16. The van der Waals surface area contributed by atoms with Crippen LogP contribution in [0.4, 0.5) is 0 Å². The fourth-order valence-electron chi connectivity index (χ4n) is 1.41. The van der Waals surface area contributed by atoms with Crippen LogP contribution in [-0.4, -0.2) is 13.3 Å². The molecule has 0 amide bonds. The van der Waals surface area contributed by atoms with Gasteiger partial charge in [-0.05, 0) is 36.1 Å². The second-order valence-corrected chi connectivity index (χ2v) is 3.33. The SMILES string of the molecule is CCCc1ccc(C)c(C=NC)c1. The van der Waals surface area contributed by atoms with Gasteiger partial charge in [-0.15, -0.1) is 0 Å². The molecule has 0 aliphatic carbocycles. The first-order valence-electron chi connectivity index (χ1n) is 4.79. The van der Waals surface area contributed by atoms with Crippen LogP contribution in [0.25, 0.3) is 0 Å². The molecule has 13 heavy (non-hydrogen) atoms. The lowest BCUT2D eigenvalue weighted by molar-refractivity contribution is 0.921. The van der Waals surface area contributed by atoms with Gasteiger partial charge in [-0.25, -0.2) is 0 Å². The van der Waals surface area contributed by atoms with Crippen molar-refractivity contribution in [1.29, 1.82) is 0 Å². The largest absolute Gasteiger partial charge is 0.296 e. The highest BCUT2D eigenvalue weighted by Crippen LogP contribution is 2.10. The van der Waals surface area contributed by atoms with Crippen molar-refractivity contribution in [2.75, 3.05) is 7.05 Å². The lowest BCUT2D eigenvalue weighted by Gasteiger charge is -2.03. The summed E-state index contributed by atoms with van der Waals surface area (Å²) in [7, 11) is 1.81. The third-order valence-electron chi connectivity index (χ3n) is 2.15. The van der Waals surface area contributed by atoms with Crippen molar-refractivity contribution in [3.8, 4) is 0 Å². The molecule has 1 rings (SSSR count). The van der Waals surface area contributed by atoms with E-state index in [1.807, 2.05) is 13.3 Å². The van der Waals surface area contributed by atoms with Crippen LogP contribution < -0.4 is 0 Å². The molecule has 0 saturated heterocycles. The minimum atomic E-state index is 1.16. The highest BCUT2D eigenvalue weighted by Gasteiger charge is 1.96. The quantitative estimate of drug-likeness (QED) is 0.626. The predicted octanol–water partition coefficient (Wildman–Crippen LogP) is 3.00. The van der Waals surface area contributed by atoms with Crippen molar-refractivity contribution in [2.24, 2.45) is 4.99 Å². The van der Waals surface area contributed by atoms with Gasteiger partial charge in [-0.2, -0.15) is 0 Å². The summed E-state index contributed by atoms with van der Waals surface area (Å²) in [6.07, 6.45) is 4.28. The van der Waals surface area contributed by atoms with Crippen molar-refractivity contribution in [1.82, 2.24) is 0 Å². The Morgan fingerprint density at radius 3 is 2.77 bits per heavy atom. The standard InChI is InChI=1S/C12H17N/c1-4-5-11-7-6-10(2)12(8-11)9-13-3/h6-9H,4-5H2,1-3H3. The van der Waals surface area contributed by atoms with Gasteiger partial charge < -0.3 is 0 Å². The van der Waals surface area contributed by atoms with Crippen LogP contribution in [0.1, 0.15) is 30.0 Å². The number of aryl methyl sites for hydroxylation is 2. The van der Waals surface area contributed by atoms with Crippen molar-refractivity contribution in [2.45, 2.75) is 26.7 Å². The molecule has 0 N–H and O–H groups in total. The molecule has 0 bridgehead atoms. The molecule has 0 fully saturated rings. The van der Waals surface area contributed by atoms with E-state index in [2.05, 4.69) is 37.0 Å². The molecule has 0 atom stereocenters. The van der Waals surface area contributed by atoms with Gasteiger partial charge in [0.05, 0.1) is 0 Å². The number of rotatable bonds is 3. The lowest BCUT2D eigenvalue weighted by atomic mass is 10.0. The summed E-state index contributed by atoms with van der Waals surface area (Å²) < 4.78 is 0. The molecular formula is C12H17N. The number of hydrogen-bond acceptors (Lipinski definition) is 1. The number of aliphatic imine (C=N–C) groups is 1. The van der Waals surface area contributed by atoms with Gasteiger partial charge in [0, 0.05) is 13.3 Å². The van der Waals surface area contributed by atoms with E-state index in [4.69, 9.17) is 0 Å². The van der Waals surface area contributed by atoms with Gasteiger partial charge >= 0.3 is 0 Å². The van der Waals surface area contributed by atoms with E-state index in [-0.39, 0.29) is 0 Å². The normalized spacial score (nSPS) is 11.0. The third-order valence-corrected chi connectivity index (χ3v) is 2.15. The van der Waals surface area contributed by atoms with Gasteiger partial charge in [0.1, 0.15) is 0 Å². The van der Waals surface area contributed by atoms with Gasteiger partial charge in [0.15, 0.2) is 0 Å². The summed E-state index contributed by atoms with van der Waals surface area (Å²) in [5.74, 6) is 0. The average Bonchev–Trinajstić information content (AvgIpc) is 2.12. The summed E-state index contributed by atoms with van der Waals surface area (Å²) in [4.78, 5) is 4.04. The van der Waals surface area contributed by atoms with E-state index in [1.54, 1.807) is 0 Å². The van der Waals surface area contributed by atoms with E-state index in [1.165, 1.54) is 23.1 Å². The molecule has 1 nitrogen and oxygen atoms in total. The molecule has 0 aromatic heterocycles. The first kappa shape index (κ1) is 9.97. The monoisotopic (exact) mass is 175 g/mol. The Morgan fingerprint density at radius 1 is 1.38 bits per heavy atom. The zero-order valence-electron chi connectivity index (χ0n) is 8.67. The summed E-state index contributed by atoms with van der Waals surface area (Å²) in [5, 5.41) is 0. The van der Waals surface area contributed by atoms with E-state index >= 15 is 0 Å². The molecular weight excluding hydrogens is 158 g/mol. The summed E-state index contributed by atoms with van der Waals surface area (Å²) in [6, 6.07) is 6.60. The third kappa shape index (κ3) is 2.69. The van der Waals surface area contributed by atoms with Crippen LogP contribution in [0, 0.1) is 6.92 Å². The number of nitrogens with zero attached hydrogens (tertiary/aromatic N) is 1. The zero-order chi connectivity index (χ0) is 9.68. The average molecular weight is 175 g/mol. The van der Waals surface area contributed by atoms with Crippen LogP contribution in [-0.2, 0) is 6.42 Å². The molecule has 70 valence electrons. The fraction of sp³-hybridized carbons (Fsp3) is 0.417. The topological polar surface area (TPSA) is 12.4 Å². The maximum absolute atomic E-state index is 4.04. The summed E-state index contributed by atoms with van der Waals surface area (Å²) in [5.41, 5.74) is 3.95. The smallest absolute Gasteiger partial charge is 0.0284 e. The van der Waals surface area contributed by atoms with Crippen LogP contribution in [0.5, 0.6) is 0 Å². The molecule has 0 heterocycles. The Labute approximate surface area is 80.5 Å². The lowest BCUT2D eigenvalue weighted by Crippen LogP contribution is -1.91. The Bertz CT molecular complexity index is 300. The Balaban J connectivity index is 2.96. The Hall–Kier alpha value is -1.11. The Morgan fingerprint density at radius 2 is 2.15 bits per heavy atom. The van der Waals surface area contributed by atoms with E-state index in [9.17, 15) is 0 Å². The maximum atomic E-state index is 4.04. The molecule has 1 heteroatoms. The highest BCUT2D eigenvalue weighted by molar-refractivity contribution is 5.81. The minimum Gasteiger partial charge on any atom is -0.296 e. The summed E-state index contributed by atoms with van der Waals surface area (Å²) in [6.45, 7) is 4.32. The predicted molar refractivity (Wildman–Crippen MR) is 58.7 cm³/mol. The van der Waals surface area contributed by atoms with Crippen molar-refractivity contribution < 1.29 is 0 Å². The van der Waals surface area contributed by atoms with Crippen LogP contribution in [0.15, 0.2) is 23.2 Å². The van der Waals surface area contributed by atoms with Crippen LogP contribution in [0.3, 0.4) is 0 Å². The van der Waals surface area contributed by atoms with Crippen LogP contribution in [0.2, 0.25) is 0 Å². The second-order valence-electron chi connectivity index (χ2n) is 3.33. The highest BCUT2D eigenvalue weighted by atomic mass is 14.6. The van der Waals surface area contributed by atoms with Gasteiger partial charge in [-0.3, -0.25) is 4.99 Å². The molecule has 0 aliphatic heterocycles. The fourth-order valence-corrected chi connectivity index (χ4v) is 1.41. The van der Waals surface area contributed by atoms with Crippen molar-refractivity contribution in [3.05, 3.63) is 34.9 Å². The van der Waals surface area contributed by atoms with E-state index in [0.717, 1.165) is 6.42 Å². The molecule has 1 aromatic carbocycles. The van der Waals surface area contributed by atoms with E-state index < -0.39 is 0 Å².